The molecule has 0 radical (unpaired) electrons. The second-order valence-corrected chi connectivity index (χ2v) is 7.55. The molecule has 5 nitrogen and oxygen atoms in total. The molecule has 2 heterocycles. The summed E-state index contributed by atoms with van der Waals surface area (Å²) in [5.74, 6) is -1.26. The van der Waals surface area contributed by atoms with Gasteiger partial charge in [0, 0.05) is 29.8 Å². The molecule has 1 aromatic heterocycles. The van der Waals surface area contributed by atoms with Crippen molar-refractivity contribution < 1.29 is 0 Å². The van der Waals surface area contributed by atoms with Crippen molar-refractivity contribution in [3.8, 4) is 18.2 Å². The Balaban J connectivity index is 2.18. The number of rotatable bonds is 3. The Bertz CT molecular complexity index is 803. The predicted molar refractivity (Wildman–Crippen MR) is 95.9 cm³/mol. The molecular weight excluding hydrogens is 330 g/mol. The molecule has 1 aliphatic heterocycles. The van der Waals surface area contributed by atoms with E-state index in [0.29, 0.717) is 0 Å². The highest BCUT2D eigenvalue weighted by molar-refractivity contribution is 7.10. The molecule has 3 unspecified atom stereocenters. The lowest BCUT2D eigenvalue weighted by Crippen LogP contribution is -2.52. The molecule has 0 aromatic carbocycles. The van der Waals surface area contributed by atoms with Crippen molar-refractivity contribution in [1.82, 2.24) is 4.90 Å². The van der Waals surface area contributed by atoms with Crippen LogP contribution in [0.1, 0.15) is 24.1 Å². The zero-order valence-electron chi connectivity index (χ0n) is 14.1. The first kappa shape index (κ1) is 17.4. The quantitative estimate of drug-likeness (QED) is 0.846. The minimum absolute atomic E-state index is 0.0650. The fourth-order valence-electron chi connectivity index (χ4n) is 4.14. The molecule has 1 fully saturated rings. The third kappa shape index (κ3) is 2.57. The van der Waals surface area contributed by atoms with E-state index in [9.17, 15) is 15.8 Å². The number of nitriles is 3. The number of hydrogen-bond acceptors (Lipinski definition) is 6. The first-order chi connectivity index (χ1) is 12.1. The topological polar surface area (TPSA) is 98.5 Å². The summed E-state index contributed by atoms with van der Waals surface area (Å²) in [7, 11) is 0. The van der Waals surface area contributed by atoms with Crippen LogP contribution in [0.25, 0.3) is 0 Å². The van der Waals surface area contributed by atoms with Gasteiger partial charge in [0.15, 0.2) is 5.41 Å². The van der Waals surface area contributed by atoms with Gasteiger partial charge in [-0.05, 0) is 30.0 Å². The van der Waals surface area contributed by atoms with Crippen LogP contribution in [0.3, 0.4) is 0 Å². The molecule has 3 atom stereocenters. The number of nitrogens with zero attached hydrogens (tertiary/aromatic N) is 4. The van der Waals surface area contributed by atoms with E-state index in [2.05, 4.69) is 30.0 Å². The van der Waals surface area contributed by atoms with Gasteiger partial charge in [-0.25, -0.2) is 0 Å². The minimum atomic E-state index is -1.58. The van der Waals surface area contributed by atoms with Crippen LogP contribution < -0.4 is 0 Å². The van der Waals surface area contributed by atoms with Gasteiger partial charge in [-0.3, -0.25) is 4.90 Å². The standard InChI is InChI=1S/C19H19N5S/c1-2-6-24-7-5-13-14(9-20)18(23)19(11-21,12-22)17(15(13)10-24)16-4-3-8-25-16/h3-5,8,14-15,17,23H,2,6-7,10H2,1H3. The molecule has 1 N–H and O–H groups in total. The molecular formula is C19H19N5S. The Morgan fingerprint density at radius 2 is 2.12 bits per heavy atom. The Hall–Kier alpha value is -2.46. The predicted octanol–water partition coefficient (Wildman–Crippen LogP) is 3.31. The number of nitrogens with one attached hydrogen (secondary N) is 1. The Labute approximate surface area is 151 Å². The second-order valence-electron chi connectivity index (χ2n) is 6.57. The average Bonchev–Trinajstić information content (AvgIpc) is 3.15. The molecule has 1 aliphatic carbocycles. The summed E-state index contributed by atoms with van der Waals surface area (Å²) < 4.78 is 0. The number of hydrogen-bond donors (Lipinski definition) is 1. The van der Waals surface area contributed by atoms with E-state index in [-0.39, 0.29) is 11.6 Å². The SMILES string of the molecule is CCCN1CC=C2C(C#N)C(=N)C(C#N)(C#N)C(c3cccs3)C2C1. The van der Waals surface area contributed by atoms with Gasteiger partial charge >= 0.3 is 0 Å². The molecule has 25 heavy (non-hydrogen) atoms. The van der Waals surface area contributed by atoms with Gasteiger partial charge in [-0.1, -0.05) is 19.1 Å². The van der Waals surface area contributed by atoms with E-state index in [4.69, 9.17) is 5.41 Å². The van der Waals surface area contributed by atoms with Crippen LogP contribution in [0.15, 0.2) is 29.2 Å². The van der Waals surface area contributed by atoms with Crippen LogP contribution in [-0.2, 0) is 0 Å². The fraction of sp³-hybridized carbons (Fsp3) is 0.474. The largest absolute Gasteiger partial charge is 0.305 e. The van der Waals surface area contributed by atoms with Crippen LogP contribution in [0, 0.1) is 56.7 Å². The van der Waals surface area contributed by atoms with E-state index in [1.54, 1.807) is 0 Å². The van der Waals surface area contributed by atoms with Gasteiger partial charge in [0.25, 0.3) is 0 Å². The van der Waals surface area contributed by atoms with Gasteiger partial charge in [0.05, 0.1) is 23.9 Å². The number of fused-ring (bicyclic) bond motifs is 1. The first-order valence-corrected chi connectivity index (χ1v) is 9.27. The van der Waals surface area contributed by atoms with Crippen LogP contribution in [0.5, 0.6) is 0 Å². The molecule has 3 rings (SSSR count). The summed E-state index contributed by atoms with van der Waals surface area (Å²) in [5, 5.41) is 39.9. The van der Waals surface area contributed by atoms with E-state index >= 15 is 0 Å². The van der Waals surface area contributed by atoms with Gasteiger partial charge in [0.2, 0.25) is 0 Å². The minimum Gasteiger partial charge on any atom is -0.305 e. The van der Waals surface area contributed by atoms with Crippen molar-refractivity contribution in [2.75, 3.05) is 19.6 Å². The van der Waals surface area contributed by atoms with Crippen LogP contribution in [-0.4, -0.2) is 30.2 Å². The van der Waals surface area contributed by atoms with E-state index < -0.39 is 17.3 Å². The average molecular weight is 349 g/mol. The molecule has 0 saturated heterocycles. The summed E-state index contributed by atoms with van der Waals surface area (Å²) in [5.41, 5.74) is -0.730. The molecule has 2 aliphatic rings. The van der Waals surface area contributed by atoms with Gasteiger partial charge in [-0.2, -0.15) is 15.8 Å². The highest BCUT2D eigenvalue weighted by atomic mass is 32.1. The van der Waals surface area contributed by atoms with Crippen LogP contribution >= 0.6 is 11.3 Å². The Morgan fingerprint density at radius 3 is 2.68 bits per heavy atom. The molecule has 1 aromatic rings. The lowest BCUT2D eigenvalue weighted by atomic mass is 9.55. The van der Waals surface area contributed by atoms with Crippen molar-refractivity contribution in [1.29, 1.82) is 21.2 Å². The summed E-state index contributed by atoms with van der Waals surface area (Å²) in [4.78, 5) is 3.25. The maximum absolute atomic E-state index is 9.90. The smallest absolute Gasteiger partial charge is 0.190 e. The number of thiophene rings is 1. The lowest BCUT2D eigenvalue weighted by molar-refractivity contribution is 0.206. The highest BCUT2D eigenvalue weighted by Gasteiger charge is 2.58. The van der Waals surface area contributed by atoms with E-state index in [0.717, 1.165) is 36.5 Å². The molecule has 0 amide bonds. The monoisotopic (exact) mass is 349 g/mol. The maximum Gasteiger partial charge on any atom is 0.190 e. The Kier molecular flexibility index (Phi) is 4.73. The van der Waals surface area contributed by atoms with Crippen molar-refractivity contribution in [2.45, 2.75) is 19.3 Å². The lowest BCUT2D eigenvalue weighted by Gasteiger charge is -2.47. The van der Waals surface area contributed by atoms with Gasteiger partial charge in [-0.15, -0.1) is 11.3 Å². The van der Waals surface area contributed by atoms with E-state index in [1.165, 1.54) is 11.3 Å². The van der Waals surface area contributed by atoms with Crippen LogP contribution in [0.4, 0.5) is 0 Å². The third-order valence-electron chi connectivity index (χ3n) is 5.26. The molecule has 126 valence electrons. The third-order valence-corrected chi connectivity index (χ3v) is 6.21. The molecule has 0 bridgehead atoms. The zero-order valence-corrected chi connectivity index (χ0v) is 14.9. The van der Waals surface area contributed by atoms with Crippen molar-refractivity contribution in [2.24, 2.45) is 17.3 Å². The fourth-order valence-corrected chi connectivity index (χ4v) is 5.10. The second kappa shape index (κ2) is 6.81. The molecule has 1 saturated carbocycles. The van der Waals surface area contributed by atoms with Crippen molar-refractivity contribution in [3.63, 3.8) is 0 Å². The van der Waals surface area contributed by atoms with Gasteiger partial charge < -0.3 is 5.41 Å². The van der Waals surface area contributed by atoms with Crippen LogP contribution in [0.2, 0.25) is 0 Å². The van der Waals surface area contributed by atoms with Crippen molar-refractivity contribution >= 4 is 17.0 Å². The Morgan fingerprint density at radius 1 is 1.36 bits per heavy atom. The summed E-state index contributed by atoms with van der Waals surface area (Å²) in [6.45, 7) is 4.55. The summed E-state index contributed by atoms with van der Waals surface area (Å²) in [6, 6.07) is 10.3. The first-order valence-electron chi connectivity index (χ1n) is 8.39. The maximum atomic E-state index is 9.90. The van der Waals surface area contributed by atoms with E-state index in [1.807, 2.05) is 23.6 Å². The molecule has 0 spiro atoms. The van der Waals surface area contributed by atoms with Gasteiger partial charge in [0.1, 0.15) is 5.92 Å². The highest BCUT2D eigenvalue weighted by Crippen LogP contribution is 2.54. The normalized spacial score (nSPS) is 28.2. The van der Waals surface area contributed by atoms with Crippen molar-refractivity contribution in [3.05, 3.63) is 34.0 Å². The summed E-state index contributed by atoms with van der Waals surface area (Å²) in [6.07, 6.45) is 3.07. The zero-order chi connectivity index (χ0) is 18.0. The summed E-state index contributed by atoms with van der Waals surface area (Å²) >= 11 is 1.52. The molecule has 6 heteroatoms.